The van der Waals surface area contributed by atoms with E-state index in [0.717, 1.165) is 24.2 Å². The molecule has 0 aromatic heterocycles. The molecule has 0 saturated carbocycles. The van der Waals surface area contributed by atoms with Crippen molar-refractivity contribution >= 4 is 18.3 Å². The van der Waals surface area contributed by atoms with Gasteiger partial charge in [-0.1, -0.05) is 96.8 Å². The van der Waals surface area contributed by atoms with Gasteiger partial charge >= 0.3 is 0 Å². The lowest BCUT2D eigenvalue weighted by Crippen LogP contribution is -2.42. The Kier molecular flexibility index (Phi) is 23.7. The molecule has 1 amide bonds. The number of halogens is 1. The number of hydrogen-bond acceptors (Lipinski definition) is 5. The number of carbonyl (C=O) groups is 1. The van der Waals surface area contributed by atoms with Gasteiger partial charge in [0.05, 0.1) is 13.1 Å². The van der Waals surface area contributed by atoms with E-state index in [9.17, 15) is 4.79 Å². The van der Waals surface area contributed by atoms with Gasteiger partial charge in [-0.05, 0) is 6.42 Å². The lowest BCUT2D eigenvalue weighted by atomic mass is 10.0. The molecule has 0 aliphatic heterocycles. The van der Waals surface area contributed by atoms with Gasteiger partial charge in [0.25, 0.3) is 0 Å². The summed E-state index contributed by atoms with van der Waals surface area (Å²) in [5.74, 6) is -0.268. The second-order valence-corrected chi connectivity index (χ2v) is 7.96. The molecule has 7 heteroatoms. The molecule has 0 atom stereocenters. The molecule has 0 aliphatic rings. The quantitative estimate of drug-likeness (QED) is 0.169. The van der Waals surface area contributed by atoms with Crippen LogP contribution < -0.4 is 0 Å². The van der Waals surface area contributed by atoms with Crippen LogP contribution in [0.2, 0.25) is 0 Å². The highest BCUT2D eigenvalue weighted by Crippen LogP contribution is 2.14. The molecule has 0 aromatic carbocycles. The fourth-order valence-corrected chi connectivity index (χ4v) is 3.48. The SMILES string of the molecule is CCCCCCCCCCCCCCCCCC(=O)N(CC(O)O)CC(O)O.Cl. The maximum atomic E-state index is 12.0. The Hall–Kier alpha value is -0.400. The summed E-state index contributed by atoms with van der Waals surface area (Å²) < 4.78 is 0. The van der Waals surface area contributed by atoms with E-state index in [1.54, 1.807) is 0 Å². The van der Waals surface area contributed by atoms with Gasteiger partial charge in [-0.2, -0.15) is 0 Å². The molecule has 176 valence electrons. The molecule has 4 N–H and O–H groups in total. The number of unbranched alkanes of at least 4 members (excludes halogenated alkanes) is 14. The number of carbonyl (C=O) groups excluding carboxylic acids is 1. The Morgan fingerprint density at radius 2 is 0.931 bits per heavy atom. The number of nitrogens with zero attached hydrogens (tertiary/aromatic N) is 1. The molecule has 6 nitrogen and oxygen atoms in total. The smallest absolute Gasteiger partial charge is 0.222 e. The van der Waals surface area contributed by atoms with Gasteiger partial charge in [0.1, 0.15) is 0 Å². The van der Waals surface area contributed by atoms with E-state index < -0.39 is 12.6 Å². The lowest BCUT2D eigenvalue weighted by molar-refractivity contribution is -0.146. The van der Waals surface area contributed by atoms with Crippen molar-refractivity contribution in [1.82, 2.24) is 4.90 Å². The minimum absolute atomic E-state index is 0. The van der Waals surface area contributed by atoms with Crippen molar-refractivity contribution in [2.24, 2.45) is 0 Å². The third-order valence-corrected chi connectivity index (χ3v) is 5.11. The molecule has 0 saturated heterocycles. The highest BCUT2D eigenvalue weighted by atomic mass is 35.5. The number of aliphatic hydroxyl groups excluding tert-OH is 2. The van der Waals surface area contributed by atoms with Gasteiger partial charge in [-0.3, -0.25) is 4.79 Å². The number of hydrogen-bond donors (Lipinski definition) is 4. The van der Waals surface area contributed by atoms with Crippen LogP contribution in [-0.4, -0.2) is 56.9 Å². The summed E-state index contributed by atoms with van der Waals surface area (Å²) in [5.41, 5.74) is 0. The zero-order valence-electron chi connectivity index (χ0n) is 18.4. The largest absolute Gasteiger partial charge is 0.367 e. The van der Waals surface area contributed by atoms with Crippen LogP contribution in [0.25, 0.3) is 0 Å². The number of amides is 1. The van der Waals surface area contributed by atoms with Gasteiger partial charge in [0.15, 0.2) is 12.6 Å². The average Bonchev–Trinajstić information content (AvgIpc) is 2.63. The summed E-state index contributed by atoms with van der Waals surface area (Å²) in [5, 5.41) is 35.9. The minimum atomic E-state index is -1.66. The Morgan fingerprint density at radius 1 is 0.621 bits per heavy atom. The Labute approximate surface area is 184 Å². The van der Waals surface area contributed by atoms with Gasteiger partial charge in [-0.15, -0.1) is 12.4 Å². The van der Waals surface area contributed by atoms with E-state index in [1.807, 2.05) is 0 Å². The molecule has 0 rings (SSSR count). The summed E-state index contributed by atoms with van der Waals surface area (Å²) in [6.07, 6.45) is 15.9. The van der Waals surface area contributed by atoms with Gasteiger partial charge < -0.3 is 25.3 Å². The van der Waals surface area contributed by atoms with Crippen LogP contribution >= 0.6 is 12.4 Å². The summed E-state index contributed by atoms with van der Waals surface area (Å²) in [7, 11) is 0. The fourth-order valence-electron chi connectivity index (χ4n) is 3.48. The van der Waals surface area contributed by atoms with Crippen LogP contribution in [0.5, 0.6) is 0 Å². The third kappa shape index (κ3) is 22.1. The monoisotopic (exact) mass is 439 g/mol. The topological polar surface area (TPSA) is 101 Å². The van der Waals surface area contributed by atoms with Gasteiger partial charge in [0, 0.05) is 6.42 Å². The first-order valence-electron chi connectivity index (χ1n) is 11.5. The maximum Gasteiger partial charge on any atom is 0.222 e. The predicted molar refractivity (Wildman–Crippen MR) is 120 cm³/mol. The summed E-state index contributed by atoms with van der Waals surface area (Å²) in [6.45, 7) is 1.66. The van der Waals surface area contributed by atoms with Crippen molar-refractivity contribution in [2.45, 2.75) is 122 Å². The first-order chi connectivity index (χ1) is 13.5. The van der Waals surface area contributed by atoms with Crippen LogP contribution in [0, 0.1) is 0 Å². The first-order valence-corrected chi connectivity index (χ1v) is 11.5. The van der Waals surface area contributed by atoms with Crippen LogP contribution in [0.4, 0.5) is 0 Å². The van der Waals surface area contributed by atoms with E-state index in [1.165, 1.54) is 77.0 Å². The molecule has 29 heavy (non-hydrogen) atoms. The van der Waals surface area contributed by atoms with E-state index in [0.29, 0.717) is 6.42 Å². The molecule has 0 heterocycles. The minimum Gasteiger partial charge on any atom is -0.367 e. The molecule has 0 radical (unpaired) electrons. The highest BCUT2D eigenvalue weighted by Gasteiger charge is 2.18. The zero-order chi connectivity index (χ0) is 21.0. The van der Waals surface area contributed by atoms with Crippen molar-refractivity contribution in [1.29, 1.82) is 0 Å². The highest BCUT2D eigenvalue weighted by molar-refractivity contribution is 5.85. The number of rotatable bonds is 20. The van der Waals surface area contributed by atoms with E-state index in [-0.39, 0.29) is 31.4 Å². The standard InChI is InChI=1S/C22H45NO5.ClH/c1-2-3-4-5-6-7-8-9-10-11-12-13-14-15-16-17-20(24)23(18-21(25)26)19-22(27)28;/h21-22,25-28H,2-19H2,1H3;1H. The Bertz CT molecular complexity index is 346. The maximum absolute atomic E-state index is 12.0. The molecule has 0 unspecified atom stereocenters. The van der Waals surface area contributed by atoms with Gasteiger partial charge in [0.2, 0.25) is 5.91 Å². The van der Waals surface area contributed by atoms with Crippen molar-refractivity contribution < 1.29 is 25.2 Å². The summed E-state index contributed by atoms with van der Waals surface area (Å²) >= 11 is 0. The molecule has 0 aromatic rings. The Morgan fingerprint density at radius 3 is 1.24 bits per heavy atom. The first kappa shape index (κ1) is 30.8. The van der Waals surface area contributed by atoms with Crippen LogP contribution in [-0.2, 0) is 4.79 Å². The molecule has 0 aliphatic carbocycles. The zero-order valence-corrected chi connectivity index (χ0v) is 19.3. The molecule has 0 bridgehead atoms. The normalized spacial score (nSPS) is 11.1. The third-order valence-electron chi connectivity index (χ3n) is 5.11. The lowest BCUT2D eigenvalue weighted by Gasteiger charge is -2.24. The van der Waals surface area contributed by atoms with E-state index >= 15 is 0 Å². The summed E-state index contributed by atoms with van der Waals surface area (Å²) in [4.78, 5) is 13.1. The van der Waals surface area contributed by atoms with Crippen molar-refractivity contribution in [3.05, 3.63) is 0 Å². The van der Waals surface area contributed by atoms with Crippen LogP contribution in [0.1, 0.15) is 110 Å². The Balaban J connectivity index is 0. The second-order valence-electron chi connectivity index (χ2n) is 7.96. The van der Waals surface area contributed by atoms with E-state index in [4.69, 9.17) is 20.4 Å². The molecular weight excluding hydrogens is 394 g/mol. The number of aliphatic hydroxyl groups is 4. The molecular formula is C22H46ClNO5. The second kappa shape index (κ2) is 22.3. The van der Waals surface area contributed by atoms with Crippen LogP contribution in [0.3, 0.4) is 0 Å². The molecule has 0 fully saturated rings. The fraction of sp³-hybridized carbons (Fsp3) is 0.955. The summed E-state index contributed by atoms with van der Waals surface area (Å²) in [6, 6.07) is 0. The molecule has 0 spiro atoms. The average molecular weight is 440 g/mol. The van der Waals surface area contributed by atoms with E-state index in [2.05, 4.69) is 6.92 Å². The predicted octanol–water partition coefficient (Wildman–Crippen LogP) is 4.12. The van der Waals surface area contributed by atoms with Crippen molar-refractivity contribution in [3.8, 4) is 0 Å². The van der Waals surface area contributed by atoms with Crippen molar-refractivity contribution in [2.75, 3.05) is 13.1 Å². The van der Waals surface area contributed by atoms with Gasteiger partial charge in [-0.25, -0.2) is 0 Å². The van der Waals surface area contributed by atoms with Crippen molar-refractivity contribution in [3.63, 3.8) is 0 Å². The van der Waals surface area contributed by atoms with Crippen LogP contribution in [0.15, 0.2) is 0 Å².